The number of amides is 2. The Hall–Kier alpha value is -1.63. The first kappa shape index (κ1) is 14.4. The molecule has 0 spiro atoms. The van der Waals surface area contributed by atoms with Gasteiger partial charge in [-0.15, -0.1) is 11.3 Å². The van der Waals surface area contributed by atoms with Gasteiger partial charge in [0.1, 0.15) is 6.04 Å². The van der Waals surface area contributed by atoms with E-state index in [2.05, 4.69) is 15.6 Å². The SMILES string of the molecule is CCCCC(NC(=O)NCc1cncs1)C(=O)O. The topological polar surface area (TPSA) is 91.3 Å². The van der Waals surface area contributed by atoms with Crippen molar-refractivity contribution in [2.24, 2.45) is 0 Å². The average molecular weight is 271 g/mol. The summed E-state index contributed by atoms with van der Waals surface area (Å²) in [5.41, 5.74) is 1.68. The molecular weight excluding hydrogens is 254 g/mol. The zero-order chi connectivity index (χ0) is 13.4. The van der Waals surface area contributed by atoms with Crippen LogP contribution in [0.5, 0.6) is 0 Å². The molecule has 0 bridgehead atoms. The van der Waals surface area contributed by atoms with Crippen LogP contribution < -0.4 is 10.6 Å². The van der Waals surface area contributed by atoms with E-state index in [1.807, 2.05) is 6.92 Å². The molecule has 0 aliphatic rings. The van der Waals surface area contributed by atoms with Gasteiger partial charge < -0.3 is 15.7 Å². The van der Waals surface area contributed by atoms with Crippen LogP contribution in [-0.4, -0.2) is 28.1 Å². The highest BCUT2D eigenvalue weighted by Crippen LogP contribution is 2.04. The van der Waals surface area contributed by atoms with Gasteiger partial charge >= 0.3 is 12.0 Å². The molecule has 0 radical (unpaired) electrons. The minimum atomic E-state index is -1.00. The van der Waals surface area contributed by atoms with Gasteiger partial charge in [0.15, 0.2) is 0 Å². The van der Waals surface area contributed by atoms with Crippen LogP contribution in [0.15, 0.2) is 11.7 Å². The number of carboxylic acids is 1. The average Bonchev–Trinajstić information content (AvgIpc) is 2.84. The minimum Gasteiger partial charge on any atom is -0.480 e. The Labute approximate surface area is 109 Å². The van der Waals surface area contributed by atoms with Gasteiger partial charge in [-0.2, -0.15) is 0 Å². The van der Waals surface area contributed by atoms with E-state index in [1.165, 1.54) is 11.3 Å². The number of carboxylic acid groups (broad SMARTS) is 1. The Balaban J connectivity index is 2.34. The Kier molecular flexibility index (Phi) is 6.13. The molecule has 1 heterocycles. The first-order valence-electron chi connectivity index (χ1n) is 5.78. The smallest absolute Gasteiger partial charge is 0.326 e. The van der Waals surface area contributed by atoms with Crippen molar-refractivity contribution in [1.82, 2.24) is 15.6 Å². The Morgan fingerprint density at radius 1 is 1.56 bits per heavy atom. The summed E-state index contributed by atoms with van der Waals surface area (Å²) in [7, 11) is 0. The van der Waals surface area contributed by atoms with Gasteiger partial charge in [-0.25, -0.2) is 9.59 Å². The second-order valence-electron chi connectivity index (χ2n) is 3.83. The summed E-state index contributed by atoms with van der Waals surface area (Å²) in [5, 5.41) is 14.0. The highest BCUT2D eigenvalue weighted by molar-refractivity contribution is 7.09. The van der Waals surface area contributed by atoms with Gasteiger partial charge in [0.05, 0.1) is 12.1 Å². The number of nitrogens with one attached hydrogen (secondary N) is 2. The van der Waals surface area contributed by atoms with Crippen molar-refractivity contribution < 1.29 is 14.7 Å². The molecule has 0 saturated heterocycles. The summed E-state index contributed by atoms with van der Waals surface area (Å²) in [6.45, 7) is 2.33. The number of aliphatic carboxylic acids is 1. The molecule has 1 rings (SSSR count). The maximum atomic E-state index is 11.5. The van der Waals surface area contributed by atoms with Gasteiger partial charge in [-0.05, 0) is 6.42 Å². The summed E-state index contributed by atoms with van der Waals surface area (Å²) in [6, 6.07) is -1.29. The highest BCUT2D eigenvalue weighted by atomic mass is 32.1. The van der Waals surface area contributed by atoms with Crippen LogP contribution in [0.2, 0.25) is 0 Å². The first-order chi connectivity index (χ1) is 8.63. The van der Waals surface area contributed by atoms with Crippen molar-refractivity contribution in [1.29, 1.82) is 0 Å². The number of hydrogen-bond acceptors (Lipinski definition) is 4. The molecule has 0 aliphatic carbocycles. The molecular formula is C11H17N3O3S. The first-order valence-corrected chi connectivity index (χ1v) is 6.66. The van der Waals surface area contributed by atoms with Crippen LogP contribution in [0.1, 0.15) is 31.1 Å². The molecule has 0 saturated carbocycles. The third-order valence-electron chi connectivity index (χ3n) is 2.36. The quantitative estimate of drug-likeness (QED) is 0.702. The molecule has 6 nitrogen and oxygen atoms in total. The number of aromatic nitrogens is 1. The van der Waals surface area contributed by atoms with Gasteiger partial charge in [0.2, 0.25) is 0 Å². The lowest BCUT2D eigenvalue weighted by Gasteiger charge is -2.14. The molecule has 7 heteroatoms. The summed E-state index contributed by atoms with van der Waals surface area (Å²) in [6.07, 6.45) is 3.77. The van der Waals surface area contributed by atoms with Crippen LogP contribution in [0.4, 0.5) is 4.79 Å². The molecule has 1 aromatic rings. The standard InChI is InChI=1S/C11H17N3O3S/c1-2-3-4-9(10(15)16)14-11(17)13-6-8-5-12-7-18-8/h5,7,9H,2-4,6H2,1H3,(H,15,16)(H2,13,14,17). The molecule has 1 unspecified atom stereocenters. The fourth-order valence-electron chi connectivity index (χ4n) is 1.37. The summed E-state index contributed by atoms with van der Waals surface area (Å²) in [5.74, 6) is -1.00. The van der Waals surface area contributed by atoms with E-state index in [4.69, 9.17) is 5.11 Å². The summed E-state index contributed by atoms with van der Waals surface area (Å²) >= 11 is 1.43. The Morgan fingerprint density at radius 2 is 2.33 bits per heavy atom. The van der Waals surface area contributed by atoms with Crippen molar-refractivity contribution in [2.75, 3.05) is 0 Å². The molecule has 0 aliphatic heterocycles. The van der Waals surface area contributed by atoms with Gasteiger partial charge in [-0.1, -0.05) is 19.8 Å². The van der Waals surface area contributed by atoms with E-state index in [0.717, 1.165) is 17.7 Å². The van der Waals surface area contributed by atoms with Gasteiger partial charge in [0.25, 0.3) is 0 Å². The second-order valence-corrected chi connectivity index (χ2v) is 4.80. The highest BCUT2D eigenvalue weighted by Gasteiger charge is 2.18. The van der Waals surface area contributed by atoms with Gasteiger partial charge in [-0.3, -0.25) is 4.98 Å². The van der Waals surface area contributed by atoms with Crippen LogP contribution in [0.3, 0.4) is 0 Å². The maximum absolute atomic E-state index is 11.5. The van der Waals surface area contributed by atoms with E-state index in [9.17, 15) is 9.59 Å². The van der Waals surface area contributed by atoms with Crippen LogP contribution >= 0.6 is 11.3 Å². The number of hydrogen-bond donors (Lipinski definition) is 3. The zero-order valence-electron chi connectivity index (χ0n) is 10.2. The second kappa shape index (κ2) is 7.65. The lowest BCUT2D eigenvalue weighted by atomic mass is 10.1. The fraction of sp³-hybridized carbons (Fsp3) is 0.545. The monoisotopic (exact) mass is 271 g/mol. The Bertz CT molecular complexity index is 381. The van der Waals surface area contributed by atoms with E-state index in [1.54, 1.807) is 11.7 Å². The predicted molar refractivity (Wildman–Crippen MR) is 68.4 cm³/mol. The number of rotatable bonds is 7. The third kappa shape index (κ3) is 5.13. The Morgan fingerprint density at radius 3 is 2.89 bits per heavy atom. The molecule has 100 valence electrons. The summed E-state index contributed by atoms with van der Waals surface area (Å²) in [4.78, 5) is 27.2. The van der Waals surface area contributed by atoms with Crippen LogP contribution in [0, 0.1) is 0 Å². The third-order valence-corrected chi connectivity index (χ3v) is 3.14. The lowest BCUT2D eigenvalue weighted by molar-refractivity contribution is -0.139. The number of nitrogens with zero attached hydrogens (tertiary/aromatic N) is 1. The van der Waals surface area contributed by atoms with E-state index in [-0.39, 0.29) is 0 Å². The van der Waals surface area contributed by atoms with Gasteiger partial charge in [0, 0.05) is 11.1 Å². The zero-order valence-corrected chi connectivity index (χ0v) is 11.0. The molecule has 1 aromatic heterocycles. The van der Waals surface area contributed by atoms with E-state index in [0.29, 0.717) is 13.0 Å². The molecule has 2 amide bonds. The number of carbonyl (C=O) groups is 2. The van der Waals surface area contributed by atoms with E-state index < -0.39 is 18.0 Å². The number of urea groups is 1. The lowest BCUT2D eigenvalue weighted by Crippen LogP contribution is -2.45. The fourth-order valence-corrected chi connectivity index (χ4v) is 1.91. The number of unbranched alkanes of at least 4 members (excludes halogenated alkanes) is 1. The predicted octanol–water partition coefficient (Wildman–Crippen LogP) is 1.59. The number of carbonyl (C=O) groups excluding carboxylic acids is 1. The van der Waals surface area contributed by atoms with Crippen molar-refractivity contribution in [3.63, 3.8) is 0 Å². The largest absolute Gasteiger partial charge is 0.480 e. The van der Waals surface area contributed by atoms with Crippen molar-refractivity contribution in [3.8, 4) is 0 Å². The maximum Gasteiger partial charge on any atom is 0.326 e. The molecule has 0 aromatic carbocycles. The molecule has 18 heavy (non-hydrogen) atoms. The normalized spacial score (nSPS) is 11.8. The summed E-state index contributed by atoms with van der Waals surface area (Å²) < 4.78 is 0. The minimum absolute atomic E-state index is 0.358. The van der Waals surface area contributed by atoms with Crippen LogP contribution in [-0.2, 0) is 11.3 Å². The van der Waals surface area contributed by atoms with Crippen molar-refractivity contribution >= 4 is 23.3 Å². The molecule has 1 atom stereocenters. The number of thiazole rings is 1. The molecule has 3 N–H and O–H groups in total. The van der Waals surface area contributed by atoms with Crippen LogP contribution in [0.25, 0.3) is 0 Å². The van der Waals surface area contributed by atoms with Crippen molar-refractivity contribution in [2.45, 2.75) is 38.8 Å². The molecule has 0 fully saturated rings. The van der Waals surface area contributed by atoms with Crippen molar-refractivity contribution in [3.05, 3.63) is 16.6 Å². The van der Waals surface area contributed by atoms with E-state index >= 15 is 0 Å².